The van der Waals surface area contributed by atoms with Gasteiger partial charge in [-0.2, -0.15) is 5.10 Å². The first-order valence-electron chi connectivity index (χ1n) is 9.73. The molecule has 0 unspecified atom stereocenters. The molecule has 140 valence electrons. The maximum atomic E-state index is 12.5. The molecule has 1 aliphatic rings. The van der Waals surface area contributed by atoms with E-state index in [9.17, 15) is 4.79 Å². The number of rotatable bonds is 5. The highest BCUT2D eigenvalue weighted by molar-refractivity contribution is 6.05. The quantitative estimate of drug-likeness (QED) is 0.724. The van der Waals surface area contributed by atoms with E-state index in [-0.39, 0.29) is 5.91 Å². The van der Waals surface area contributed by atoms with Gasteiger partial charge in [-0.25, -0.2) is 0 Å². The fourth-order valence-electron chi connectivity index (χ4n) is 3.83. The summed E-state index contributed by atoms with van der Waals surface area (Å²) in [4.78, 5) is 15.1. The Hall–Kier alpha value is -2.66. The molecule has 0 saturated carbocycles. The van der Waals surface area contributed by atoms with Crippen LogP contribution in [0.4, 0.5) is 0 Å². The van der Waals surface area contributed by atoms with Crippen LogP contribution >= 0.6 is 0 Å². The molecule has 1 atom stereocenters. The number of hydrogen-bond acceptors (Lipinski definition) is 3. The minimum atomic E-state index is -0.0870. The summed E-state index contributed by atoms with van der Waals surface area (Å²) >= 11 is 0. The Bertz CT molecular complexity index is 915. The minimum Gasteiger partial charge on any atom is -0.348 e. The predicted octanol–water partition coefficient (Wildman–Crippen LogP) is 3.87. The fourth-order valence-corrected chi connectivity index (χ4v) is 3.83. The summed E-state index contributed by atoms with van der Waals surface area (Å²) in [6.45, 7) is 5.04. The lowest BCUT2D eigenvalue weighted by atomic mass is 10.0. The molecule has 1 fully saturated rings. The van der Waals surface area contributed by atoms with E-state index in [2.05, 4.69) is 51.6 Å². The summed E-state index contributed by atoms with van der Waals surface area (Å²) in [7, 11) is 0. The maximum Gasteiger partial charge on any atom is 0.253 e. The van der Waals surface area contributed by atoms with Crippen molar-refractivity contribution in [3.63, 3.8) is 0 Å². The maximum absolute atomic E-state index is 12.5. The van der Waals surface area contributed by atoms with Gasteiger partial charge in [-0.1, -0.05) is 42.8 Å². The number of nitrogens with zero attached hydrogens (tertiary/aromatic N) is 2. The third-order valence-corrected chi connectivity index (χ3v) is 5.52. The van der Waals surface area contributed by atoms with E-state index in [4.69, 9.17) is 0 Å². The van der Waals surface area contributed by atoms with Crippen molar-refractivity contribution in [3.05, 3.63) is 65.4 Å². The molecule has 0 aliphatic carbocycles. The normalized spacial score (nSPS) is 17.9. The molecular formula is C22H26N4O. The second-order valence-corrected chi connectivity index (χ2v) is 7.45. The molecule has 3 aromatic rings. The van der Waals surface area contributed by atoms with Crippen molar-refractivity contribution in [1.29, 1.82) is 0 Å². The van der Waals surface area contributed by atoms with Crippen LogP contribution in [-0.4, -0.2) is 33.6 Å². The lowest BCUT2D eigenvalue weighted by Gasteiger charge is -2.33. The first-order valence-corrected chi connectivity index (χ1v) is 9.73. The van der Waals surface area contributed by atoms with Gasteiger partial charge in [-0.05, 0) is 43.5 Å². The van der Waals surface area contributed by atoms with E-state index in [1.165, 1.54) is 31.4 Å². The van der Waals surface area contributed by atoms with E-state index in [1.807, 2.05) is 18.2 Å². The van der Waals surface area contributed by atoms with Gasteiger partial charge >= 0.3 is 0 Å². The van der Waals surface area contributed by atoms with Crippen molar-refractivity contribution in [2.45, 2.75) is 45.3 Å². The van der Waals surface area contributed by atoms with Crippen LogP contribution in [-0.2, 0) is 13.1 Å². The number of piperidine rings is 1. The summed E-state index contributed by atoms with van der Waals surface area (Å²) in [5.74, 6) is -0.0870. The Morgan fingerprint density at radius 1 is 1.19 bits per heavy atom. The van der Waals surface area contributed by atoms with Crippen LogP contribution in [0, 0.1) is 0 Å². The van der Waals surface area contributed by atoms with E-state index in [1.54, 1.807) is 6.20 Å². The fraction of sp³-hybridized carbons (Fsp3) is 0.364. The third-order valence-electron chi connectivity index (χ3n) is 5.52. The molecule has 1 aliphatic heterocycles. The van der Waals surface area contributed by atoms with Crippen molar-refractivity contribution in [3.8, 4) is 0 Å². The topological polar surface area (TPSA) is 61.0 Å². The van der Waals surface area contributed by atoms with Gasteiger partial charge in [-0.3, -0.25) is 14.8 Å². The molecule has 5 nitrogen and oxygen atoms in total. The Balaban J connectivity index is 1.36. The highest BCUT2D eigenvalue weighted by Crippen LogP contribution is 2.19. The van der Waals surface area contributed by atoms with Gasteiger partial charge in [0, 0.05) is 24.5 Å². The number of fused-ring (bicyclic) bond motifs is 1. The predicted molar refractivity (Wildman–Crippen MR) is 107 cm³/mol. The summed E-state index contributed by atoms with van der Waals surface area (Å²) < 4.78 is 0. The monoisotopic (exact) mass is 362 g/mol. The molecule has 2 heterocycles. The third kappa shape index (κ3) is 4.03. The number of para-hydroxylation sites is 1. The van der Waals surface area contributed by atoms with E-state index < -0.39 is 0 Å². The lowest BCUT2D eigenvalue weighted by molar-refractivity contribution is 0.0952. The molecule has 2 N–H and O–H groups in total. The van der Waals surface area contributed by atoms with Crippen molar-refractivity contribution < 1.29 is 4.79 Å². The van der Waals surface area contributed by atoms with Gasteiger partial charge in [-0.15, -0.1) is 0 Å². The summed E-state index contributed by atoms with van der Waals surface area (Å²) in [6.07, 6.45) is 5.68. The summed E-state index contributed by atoms with van der Waals surface area (Å²) in [5, 5.41) is 10.9. The Morgan fingerprint density at radius 2 is 2.00 bits per heavy atom. The molecule has 0 spiro atoms. The Kier molecular flexibility index (Phi) is 5.21. The summed E-state index contributed by atoms with van der Waals surface area (Å²) in [5.41, 5.74) is 3.85. The van der Waals surface area contributed by atoms with Crippen LogP contribution < -0.4 is 5.32 Å². The smallest absolute Gasteiger partial charge is 0.253 e. The van der Waals surface area contributed by atoms with Gasteiger partial charge < -0.3 is 5.32 Å². The molecule has 0 bridgehead atoms. The number of carbonyl (C=O) groups is 1. The molecule has 4 rings (SSSR count). The average molecular weight is 362 g/mol. The SMILES string of the molecule is C[C@@H]1CCCCN1Cc1ccc(CNC(=O)c2cccc3cn[nH]c23)cc1. The zero-order chi connectivity index (χ0) is 18.6. The first kappa shape index (κ1) is 17.7. The summed E-state index contributed by atoms with van der Waals surface area (Å²) in [6, 6.07) is 14.9. The number of aromatic amines is 1. The number of nitrogens with one attached hydrogen (secondary N) is 2. The van der Waals surface area contributed by atoms with Crippen LogP contribution in [0.1, 0.15) is 47.7 Å². The van der Waals surface area contributed by atoms with Crippen molar-refractivity contribution >= 4 is 16.8 Å². The number of carbonyl (C=O) groups excluding carboxylic acids is 1. The first-order chi connectivity index (χ1) is 13.2. The zero-order valence-corrected chi connectivity index (χ0v) is 15.7. The molecule has 2 aromatic carbocycles. The second-order valence-electron chi connectivity index (χ2n) is 7.45. The van der Waals surface area contributed by atoms with Crippen molar-refractivity contribution in [2.75, 3.05) is 6.54 Å². The van der Waals surface area contributed by atoms with Crippen molar-refractivity contribution in [1.82, 2.24) is 20.4 Å². The van der Waals surface area contributed by atoms with Gasteiger partial charge in [0.1, 0.15) is 0 Å². The Labute approximate surface area is 159 Å². The van der Waals surface area contributed by atoms with Gasteiger partial charge in [0.2, 0.25) is 0 Å². The van der Waals surface area contributed by atoms with Gasteiger partial charge in [0.15, 0.2) is 0 Å². The average Bonchev–Trinajstić information content (AvgIpc) is 3.18. The molecule has 27 heavy (non-hydrogen) atoms. The Morgan fingerprint density at radius 3 is 2.81 bits per heavy atom. The lowest BCUT2D eigenvalue weighted by Crippen LogP contribution is -2.36. The molecule has 5 heteroatoms. The molecular weight excluding hydrogens is 336 g/mol. The van der Waals surface area contributed by atoms with Crippen LogP contribution in [0.5, 0.6) is 0 Å². The van der Waals surface area contributed by atoms with Gasteiger partial charge in [0.05, 0.1) is 17.3 Å². The molecule has 1 aromatic heterocycles. The largest absolute Gasteiger partial charge is 0.348 e. The van der Waals surface area contributed by atoms with Crippen molar-refractivity contribution in [2.24, 2.45) is 0 Å². The van der Waals surface area contributed by atoms with E-state index in [0.29, 0.717) is 18.2 Å². The number of aromatic nitrogens is 2. The second kappa shape index (κ2) is 7.92. The van der Waals surface area contributed by atoms with Crippen LogP contribution in [0.2, 0.25) is 0 Å². The number of hydrogen-bond donors (Lipinski definition) is 2. The molecule has 1 saturated heterocycles. The molecule has 1 amide bonds. The van der Waals surface area contributed by atoms with E-state index in [0.717, 1.165) is 23.0 Å². The zero-order valence-electron chi connectivity index (χ0n) is 15.7. The van der Waals surface area contributed by atoms with Gasteiger partial charge in [0.25, 0.3) is 5.91 Å². The van der Waals surface area contributed by atoms with Crippen LogP contribution in [0.25, 0.3) is 10.9 Å². The van der Waals surface area contributed by atoms with E-state index >= 15 is 0 Å². The standard InChI is InChI=1S/C22H26N4O/c1-16-5-2-3-12-26(16)15-18-10-8-17(9-11-18)13-23-22(27)20-7-4-6-19-14-24-25-21(19)20/h4,6-11,14,16H,2-3,5,12-13,15H2,1H3,(H,23,27)(H,24,25)/t16-/m1/s1. The number of likely N-dealkylation sites (tertiary alicyclic amines) is 1. The number of H-pyrrole nitrogens is 1. The highest BCUT2D eigenvalue weighted by atomic mass is 16.1. The molecule has 0 radical (unpaired) electrons. The van der Waals surface area contributed by atoms with Crippen LogP contribution in [0.15, 0.2) is 48.7 Å². The number of amides is 1. The minimum absolute atomic E-state index is 0.0870. The highest BCUT2D eigenvalue weighted by Gasteiger charge is 2.18. The van der Waals surface area contributed by atoms with Crippen LogP contribution in [0.3, 0.4) is 0 Å². The number of benzene rings is 2.